The Morgan fingerprint density at radius 1 is 0.694 bits per heavy atom. The second kappa shape index (κ2) is 26.6. The maximum absolute atomic E-state index is 14.4. The summed E-state index contributed by atoms with van der Waals surface area (Å²) in [4.78, 5) is 88.3. The predicted octanol–water partition coefficient (Wildman–Crippen LogP) is 1.96. The summed E-state index contributed by atoms with van der Waals surface area (Å²) in [6.07, 6.45) is 13.9. The van der Waals surface area contributed by atoms with Gasteiger partial charge in [0.15, 0.2) is 5.96 Å². The number of carbonyl (C=O) groups is 6. The van der Waals surface area contributed by atoms with E-state index in [1.807, 2.05) is 30.3 Å². The molecular formula is C45H74N10O7. The van der Waals surface area contributed by atoms with Crippen LogP contribution in [-0.2, 0) is 35.2 Å². The van der Waals surface area contributed by atoms with Crippen LogP contribution in [-0.4, -0.2) is 114 Å². The number of carboxylic acid groups (broad SMARTS) is 1. The molecule has 12 N–H and O–H groups in total. The summed E-state index contributed by atoms with van der Waals surface area (Å²) in [5.74, 6) is -3.23. The number of hydrogen-bond acceptors (Lipinski definition) is 9. The van der Waals surface area contributed by atoms with Gasteiger partial charge in [0.25, 0.3) is 0 Å². The largest absolute Gasteiger partial charge is 0.480 e. The van der Waals surface area contributed by atoms with Gasteiger partial charge in [-0.15, -0.1) is 0 Å². The van der Waals surface area contributed by atoms with Crippen molar-refractivity contribution in [1.29, 1.82) is 0 Å². The lowest BCUT2D eigenvalue weighted by molar-refractivity contribution is -0.143. The van der Waals surface area contributed by atoms with Crippen LogP contribution in [0.25, 0.3) is 0 Å². The predicted molar refractivity (Wildman–Crippen MR) is 238 cm³/mol. The van der Waals surface area contributed by atoms with Gasteiger partial charge >= 0.3 is 5.97 Å². The molecule has 62 heavy (non-hydrogen) atoms. The molecule has 3 aliphatic rings. The van der Waals surface area contributed by atoms with Crippen LogP contribution in [0.1, 0.15) is 128 Å². The maximum atomic E-state index is 14.4. The highest BCUT2D eigenvalue weighted by Crippen LogP contribution is 2.30. The number of carboxylic acids is 1. The molecule has 3 fully saturated rings. The topological polar surface area (TPSA) is 276 Å². The van der Waals surface area contributed by atoms with Crippen molar-refractivity contribution in [3.63, 3.8) is 0 Å². The number of guanidine groups is 1. The summed E-state index contributed by atoms with van der Waals surface area (Å²) in [5, 5.41) is 24.7. The fourth-order valence-electron chi connectivity index (χ4n) is 9.25. The van der Waals surface area contributed by atoms with Crippen molar-refractivity contribution < 1.29 is 33.9 Å². The zero-order valence-electron chi connectivity index (χ0n) is 36.8. The van der Waals surface area contributed by atoms with E-state index in [9.17, 15) is 33.9 Å². The monoisotopic (exact) mass is 867 g/mol. The number of nitrogens with one attached hydrogen (secondary N) is 5. The molecular weight excluding hydrogens is 793 g/mol. The number of aliphatic imine (C=N–C) groups is 1. The number of nitrogens with zero attached hydrogens (tertiary/aromatic N) is 2. The van der Waals surface area contributed by atoms with Crippen molar-refractivity contribution in [2.45, 2.75) is 165 Å². The first kappa shape index (κ1) is 49.9. The van der Waals surface area contributed by atoms with Crippen molar-refractivity contribution in [2.75, 3.05) is 26.7 Å². The Hall–Kier alpha value is -4.77. The summed E-state index contributed by atoms with van der Waals surface area (Å²) in [7, 11) is 1.70. The molecule has 0 spiro atoms. The summed E-state index contributed by atoms with van der Waals surface area (Å²) in [6, 6.07) is 4.05. The van der Waals surface area contributed by atoms with Crippen molar-refractivity contribution in [1.82, 2.24) is 31.5 Å². The number of benzene rings is 1. The molecule has 0 radical (unpaired) electrons. The molecule has 5 amide bonds. The Labute approximate surface area is 367 Å². The number of likely N-dealkylation sites (N-methyl/N-ethyl adjacent to an activating group) is 1. The molecule has 1 aliphatic heterocycles. The average molecular weight is 867 g/mol. The van der Waals surface area contributed by atoms with E-state index >= 15 is 0 Å². The Morgan fingerprint density at radius 2 is 1.24 bits per heavy atom. The van der Waals surface area contributed by atoms with Crippen molar-refractivity contribution in [3.8, 4) is 0 Å². The minimum absolute atomic E-state index is 0.0836. The van der Waals surface area contributed by atoms with Gasteiger partial charge in [0, 0.05) is 13.1 Å². The smallest absolute Gasteiger partial charge is 0.326 e. The first-order chi connectivity index (χ1) is 29.9. The molecule has 17 heteroatoms. The molecule has 1 heterocycles. The van der Waals surface area contributed by atoms with Crippen LogP contribution in [0.4, 0.5) is 0 Å². The summed E-state index contributed by atoms with van der Waals surface area (Å²) < 4.78 is 0. The average Bonchev–Trinajstić information content (AvgIpc) is 3.77. The third kappa shape index (κ3) is 16.5. The van der Waals surface area contributed by atoms with Crippen molar-refractivity contribution >= 4 is 41.5 Å². The van der Waals surface area contributed by atoms with Crippen molar-refractivity contribution in [3.05, 3.63) is 35.9 Å². The van der Waals surface area contributed by atoms with Gasteiger partial charge in [-0.25, -0.2) is 4.79 Å². The minimum Gasteiger partial charge on any atom is -0.480 e. The van der Waals surface area contributed by atoms with E-state index in [4.69, 9.17) is 17.2 Å². The zero-order valence-corrected chi connectivity index (χ0v) is 36.8. The first-order valence-electron chi connectivity index (χ1n) is 23.1. The van der Waals surface area contributed by atoms with E-state index < -0.39 is 59.9 Å². The molecule has 6 unspecified atom stereocenters. The van der Waals surface area contributed by atoms with Crippen LogP contribution in [0, 0.1) is 11.8 Å². The van der Waals surface area contributed by atoms with Gasteiger partial charge in [-0.2, -0.15) is 0 Å². The van der Waals surface area contributed by atoms with E-state index in [0.29, 0.717) is 70.9 Å². The van der Waals surface area contributed by atoms with Crippen LogP contribution in [0.5, 0.6) is 0 Å². The van der Waals surface area contributed by atoms with E-state index in [2.05, 4.69) is 31.6 Å². The molecule has 1 aromatic rings. The van der Waals surface area contributed by atoms with E-state index in [0.717, 1.165) is 69.8 Å². The van der Waals surface area contributed by atoms with Gasteiger partial charge in [0.1, 0.15) is 30.2 Å². The van der Waals surface area contributed by atoms with Crippen LogP contribution in [0.15, 0.2) is 35.3 Å². The number of amides is 5. The van der Waals surface area contributed by atoms with E-state index in [-0.39, 0.29) is 42.6 Å². The minimum atomic E-state index is -1.22. The normalized spacial score (nSPS) is 19.6. The number of likely N-dealkylation sites (tertiary alicyclic amines) is 1. The summed E-state index contributed by atoms with van der Waals surface area (Å²) in [5.41, 5.74) is 17.6. The second-order valence-electron chi connectivity index (χ2n) is 17.5. The fourth-order valence-corrected chi connectivity index (χ4v) is 9.25. The Balaban J connectivity index is 1.51. The van der Waals surface area contributed by atoms with Gasteiger partial charge in [-0.3, -0.25) is 29.0 Å². The lowest BCUT2D eigenvalue weighted by atomic mass is 9.83. The highest BCUT2D eigenvalue weighted by Gasteiger charge is 2.40. The van der Waals surface area contributed by atoms with E-state index in [1.165, 1.54) is 4.90 Å². The third-order valence-electron chi connectivity index (χ3n) is 12.8. The molecule has 4 rings (SSSR count). The molecule has 2 aliphatic carbocycles. The number of rotatable bonds is 25. The van der Waals surface area contributed by atoms with Crippen molar-refractivity contribution in [2.24, 2.45) is 34.0 Å². The lowest BCUT2D eigenvalue weighted by Crippen LogP contribution is -2.59. The highest BCUT2D eigenvalue weighted by atomic mass is 16.4. The number of hydrogen-bond donors (Lipinski definition) is 9. The summed E-state index contributed by atoms with van der Waals surface area (Å²) >= 11 is 0. The number of aliphatic carboxylic acids is 1. The standard InChI is InChI=1S/C45H74N10O7/c1-49-35(27-30-15-5-2-6-16-30)39(56)51-33(21-11-12-24-46)43(60)55-26-14-23-38(55)42(59)54-37(29-32-19-9-4-10-20-32)41(58)53-36(28-31-17-7-3-8-18-31)40(57)52-34(44(61)62)22-13-25-50-45(47)48/h2,5-6,15-16,31-38,49H,3-4,7-14,17-29,46H2,1H3,(H,51,56)(H,52,57)(H,53,58)(H,54,59)(H,61,62)(H4,47,48,50). The van der Waals surface area contributed by atoms with Gasteiger partial charge in [-0.1, -0.05) is 94.5 Å². The SMILES string of the molecule is CNC(Cc1ccccc1)C(=O)NC(CCCCN)C(=O)N1CCCC1C(=O)NC(CC1CCCCC1)C(=O)NC(CC1CCCCC1)C(=O)NC(CCCN=C(N)N)C(=O)O. The lowest BCUT2D eigenvalue weighted by Gasteiger charge is -2.32. The second-order valence-corrected chi connectivity index (χ2v) is 17.5. The van der Waals surface area contributed by atoms with Crippen LogP contribution < -0.4 is 43.8 Å². The van der Waals surface area contributed by atoms with Gasteiger partial charge in [0.05, 0.1) is 6.04 Å². The Kier molecular flexibility index (Phi) is 21.4. The maximum Gasteiger partial charge on any atom is 0.326 e. The number of carbonyl (C=O) groups excluding carboxylic acids is 5. The molecule has 17 nitrogen and oxygen atoms in total. The quantitative estimate of drug-likeness (QED) is 0.0389. The molecule has 2 saturated carbocycles. The van der Waals surface area contributed by atoms with Crippen LogP contribution in [0.2, 0.25) is 0 Å². The number of unbranched alkanes of at least 4 members (excludes halogenated alkanes) is 1. The first-order valence-corrected chi connectivity index (χ1v) is 23.1. The zero-order chi connectivity index (χ0) is 44.9. The Bertz CT molecular complexity index is 1610. The van der Waals surface area contributed by atoms with Gasteiger partial charge in [0.2, 0.25) is 29.5 Å². The molecule has 6 atom stereocenters. The van der Waals surface area contributed by atoms with Crippen LogP contribution in [0.3, 0.4) is 0 Å². The third-order valence-corrected chi connectivity index (χ3v) is 12.8. The van der Waals surface area contributed by atoms with Gasteiger partial charge < -0.3 is 53.8 Å². The molecule has 0 aromatic heterocycles. The highest BCUT2D eigenvalue weighted by molar-refractivity contribution is 5.96. The Morgan fingerprint density at radius 3 is 1.81 bits per heavy atom. The molecule has 346 valence electrons. The van der Waals surface area contributed by atoms with E-state index in [1.54, 1.807) is 7.05 Å². The molecule has 1 saturated heterocycles. The fraction of sp³-hybridized carbons (Fsp3) is 0.711. The summed E-state index contributed by atoms with van der Waals surface area (Å²) in [6.45, 7) is 0.955. The molecule has 1 aromatic carbocycles. The van der Waals surface area contributed by atoms with Crippen LogP contribution >= 0.6 is 0 Å². The molecule has 0 bridgehead atoms. The van der Waals surface area contributed by atoms with Gasteiger partial charge in [-0.05, 0) is 95.2 Å². The number of nitrogens with two attached hydrogens (primary N) is 3.